The zero-order chi connectivity index (χ0) is 14.5. The smallest absolute Gasteiger partial charge is 0.408 e. The average Bonchev–Trinajstić information content (AvgIpc) is 2.72. The van der Waals surface area contributed by atoms with E-state index < -0.39 is 5.76 Å². The van der Waals surface area contributed by atoms with E-state index >= 15 is 0 Å². The number of hydrogen-bond acceptors (Lipinski definition) is 4. The van der Waals surface area contributed by atoms with E-state index in [0.29, 0.717) is 24.3 Å². The van der Waals surface area contributed by atoms with Crippen LogP contribution < -0.4 is 11.1 Å². The summed E-state index contributed by atoms with van der Waals surface area (Å²) in [5.74, 6) is -0.560. The molecule has 1 unspecified atom stereocenters. The van der Waals surface area contributed by atoms with E-state index in [-0.39, 0.29) is 18.4 Å². The van der Waals surface area contributed by atoms with Crippen LogP contribution in [0.4, 0.5) is 0 Å². The van der Waals surface area contributed by atoms with Gasteiger partial charge in [-0.15, -0.1) is 0 Å². The maximum atomic E-state index is 11.8. The fourth-order valence-electron chi connectivity index (χ4n) is 2.08. The van der Waals surface area contributed by atoms with Crippen LogP contribution in [0.15, 0.2) is 33.5 Å². The SMILES string of the molecule is COCC(C)NC(=O)CCn1c(=O)oc2ccccc21. The molecule has 0 fully saturated rings. The number of nitrogens with zero attached hydrogens (tertiary/aromatic N) is 1. The van der Waals surface area contributed by atoms with Crippen LogP contribution in [0, 0.1) is 0 Å². The Morgan fingerprint density at radius 2 is 2.20 bits per heavy atom. The van der Waals surface area contributed by atoms with Crippen molar-refractivity contribution in [3.63, 3.8) is 0 Å². The van der Waals surface area contributed by atoms with Crippen LogP contribution in [0.2, 0.25) is 0 Å². The molecule has 1 atom stereocenters. The first-order valence-electron chi connectivity index (χ1n) is 6.48. The van der Waals surface area contributed by atoms with E-state index in [1.54, 1.807) is 25.3 Å². The molecular formula is C14H18N2O4. The molecule has 0 aliphatic carbocycles. The minimum atomic E-state index is -0.441. The Morgan fingerprint density at radius 3 is 2.95 bits per heavy atom. The summed E-state index contributed by atoms with van der Waals surface area (Å²) in [7, 11) is 1.58. The number of oxazole rings is 1. The monoisotopic (exact) mass is 278 g/mol. The van der Waals surface area contributed by atoms with Gasteiger partial charge in [-0.05, 0) is 19.1 Å². The summed E-state index contributed by atoms with van der Waals surface area (Å²) >= 11 is 0. The standard InChI is InChI=1S/C14H18N2O4/c1-10(9-19-2)15-13(17)7-8-16-11-5-3-4-6-12(11)20-14(16)18/h3-6,10H,7-9H2,1-2H3,(H,15,17). The summed E-state index contributed by atoms with van der Waals surface area (Å²) in [6.45, 7) is 2.61. The molecule has 1 aromatic heterocycles. The van der Waals surface area contributed by atoms with Crippen molar-refractivity contribution in [3.05, 3.63) is 34.8 Å². The number of fused-ring (bicyclic) bond motifs is 1. The lowest BCUT2D eigenvalue weighted by molar-refractivity contribution is -0.122. The Balaban J connectivity index is 2.01. The quantitative estimate of drug-likeness (QED) is 0.859. The molecular weight excluding hydrogens is 260 g/mol. The third-order valence-corrected chi connectivity index (χ3v) is 2.96. The number of benzene rings is 1. The number of para-hydroxylation sites is 2. The molecule has 2 aromatic rings. The summed E-state index contributed by atoms with van der Waals surface area (Å²) in [5, 5.41) is 2.80. The molecule has 1 heterocycles. The molecule has 0 radical (unpaired) electrons. The number of carbonyl (C=O) groups is 1. The van der Waals surface area contributed by atoms with Crippen molar-refractivity contribution in [2.24, 2.45) is 0 Å². The van der Waals surface area contributed by atoms with Gasteiger partial charge in [0.15, 0.2) is 5.58 Å². The van der Waals surface area contributed by atoms with Gasteiger partial charge in [0.25, 0.3) is 0 Å². The number of methoxy groups -OCH3 is 1. The molecule has 0 spiro atoms. The molecule has 0 bridgehead atoms. The summed E-state index contributed by atoms with van der Waals surface area (Å²) in [6.07, 6.45) is 0.220. The van der Waals surface area contributed by atoms with Gasteiger partial charge in [-0.25, -0.2) is 4.79 Å². The summed E-state index contributed by atoms with van der Waals surface area (Å²) < 4.78 is 11.5. The predicted octanol–water partition coefficient (Wildman–Crippen LogP) is 1.14. The Bertz CT molecular complexity index is 644. The van der Waals surface area contributed by atoms with E-state index in [0.717, 1.165) is 0 Å². The highest BCUT2D eigenvalue weighted by Gasteiger charge is 2.11. The Morgan fingerprint density at radius 1 is 1.45 bits per heavy atom. The topological polar surface area (TPSA) is 73.5 Å². The number of aryl methyl sites for hydroxylation is 1. The summed E-state index contributed by atoms with van der Waals surface area (Å²) in [4.78, 5) is 23.5. The van der Waals surface area contributed by atoms with Gasteiger partial charge in [-0.2, -0.15) is 0 Å². The van der Waals surface area contributed by atoms with Crippen molar-refractivity contribution in [1.29, 1.82) is 0 Å². The first-order chi connectivity index (χ1) is 9.61. The summed E-state index contributed by atoms with van der Waals surface area (Å²) in [5.41, 5.74) is 1.24. The zero-order valence-electron chi connectivity index (χ0n) is 11.6. The molecule has 1 amide bonds. The normalized spacial score (nSPS) is 12.5. The average molecular weight is 278 g/mol. The van der Waals surface area contributed by atoms with Crippen molar-refractivity contribution in [3.8, 4) is 0 Å². The van der Waals surface area contributed by atoms with Crippen LogP contribution in [0.5, 0.6) is 0 Å². The van der Waals surface area contributed by atoms with E-state index in [2.05, 4.69) is 5.32 Å². The molecule has 0 aliphatic rings. The van der Waals surface area contributed by atoms with Crippen molar-refractivity contribution in [1.82, 2.24) is 9.88 Å². The largest absolute Gasteiger partial charge is 0.419 e. The van der Waals surface area contributed by atoms with Gasteiger partial charge in [0.2, 0.25) is 5.91 Å². The maximum Gasteiger partial charge on any atom is 0.419 e. The maximum absolute atomic E-state index is 11.8. The first-order valence-corrected chi connectivity index (χ1v) is 6.48. The Labute approximate surface area is 116 Å². The number of carbonyl (C=O) groups excluding carboxylic acids is 1. The minimum absolute atomic E-state index is 0.0506. The molecule has 2 rings (SSSR count). The lowest BCUT2D eigenvalue weighted by Gasteiger charge is -2.12. The zero-order valence-corrected chi connectivity index (χ0v) is 11.6. The molecule has 20 heavy (non-hydrogen) atoms. The van der Waals surface area contributed by atoms with Gasteiger partial charge in [-0.1, -0.05) is 12.1 Å². The van der Waals surface area contributed by atoms with E-state index in [1.807, 2.05) is 13.0 Å². The Kier molecular flexibility index (Phi) is 4.57. The Hall–Kier alpha value is -2.08. The van der Waals surface area contributed by atoms with E-state index in [9.17, 15) is 9.59 Å². The fraction of sp³-hybridized carbons (Fsp3) is 0.429. The molecule has 1 N–H and O–H groups in total. The van der Waals surface area contributed by atoms with Crippen LogP contribution in [-0.2, 0) is 16.1 Å². The number of amides is 1. The van der Waals surface area contributed by atoms with E-state index in [1.165, 1.54) is 4.57 Å². The van der Waals surface area contributed by atoms with Gasteiger partial charge >= 0.3 is 5.76 Å². The van der Waals surface area contributed by atoms with Crippen LogP contribution in [0.3, 0.4) is 0 Å². The highest BCUT2D eigenvalue weighted by molar-refractivity contribution is 5.77. The number of ether oxygens (including phenoxy) is 1. The molecule has 0 saturated carbocycles. The van der Waals surface area contributed by atoms with Gasteiger partial charge in [0, 0.05) is 26.1 Å². The van der Waals surface area contributed by atoms with Gasteiger partial charge in [-0.3, -0.25) is 9.36 Å². The van der Waals surface area contributed by atoms with Gasteiger partial charge < -0.3 is 14.5 Å². The predicted molar refractivity (Wildman–Crippen MR) is 74.6 cm³/mol. The summed E-state index contributed by atoms with van der Waals surface area (Å²) in [6, 6.07) is 7.11. The van der Waals surface area contributed by atoms with Crippen LogP contribution in [0.1, 0.15) is 13.3 Å². The molecule has 1 aromatic carbocycles. The molecule has 0 aliphatic heterocycles. The van der Waals surface area contributed by atoms with Crippen molar-refractivity contribution in [2.75, 3.05) is 13.7 Å². The third-order valence-electron chi connectivity index (χ3n) is 2.96. The van der Waals surface area contributed by atoms with Crippen LogP contribution in [-0.4, -0.2) is 30.2 Å². The van der Waals surface area contributed by atoms with Gasteiger partial charge in [0.1, 0.15) is 0 Å². The molecule has 6 heteroatoms. The van der Waals surface area contributed by atoms with Crippen molar-refractivity contribution in [2.45, 2.75) is 25.9 Å². The first kappa shape index (κ1) is 14.3. The minimum Gasteiger partial charge on any atom is -0.408 e. The second-order valence-corrected chi connectivity index (χ2v) is 4.66. The second kappa shape index (κ2) is 6.38. The molecule has 6 nitrogen and oxygen atoms in total. The fourth-order valence-corrected chi connectivity index (χ4v) is 2.08. The molecule has 108 valence electrons. The number of aromatic nitrogens is 1. The van der Waals surface area contributed by atoms with Crippen molar-refractivity contribution < 1.29 is 13.9 Å². The van der Waals surface area contributed by atoms with Crippen molar-refractivity contribution >= 4 is 17.0 Å². The van der Waals surface area contributed by atoms with Crippen LogP contribution in [0.25, 0.3) is 11.1 Å². The highest BCUT2D eigenvalue weighted by atomic mass is 16.5. The van der Waals surface area contributed by atoms with Crippen LogP contribution >= 0.6 is 0 Å². The highest BCUT2D eigenvalue weighted by Crippen LogP contribution is 2.11. The molecule has 0 saturated heterocycles. The third kappa shape index (κ3) is 3.27. The lowest BCUT2D eigenvalue weighted by atomic mass is 10.3. The van der Waals surface area contributed by atoms with E-state index in [4.69, 9.17) is 9.15 Å². The number of rotatable bonds is 6. The van der Waals surface area contributed by atoms with Gasteiger partial charge in [0.05, 0.1) is 12.1 Å². The second-order valence-electron chi connectivity index (χ2n) is 4.66. The lowest BCUT2D eigenvalue weighted by Crippen LogP contribution is -2.36. The number of hydrogen-bond donors (Lipinski definition) is 1. The number of nitrogens with one attached hydrogen (secondary N) is 1.